The maximum Gasteiger partial charge on any atom is 0.112 e. The number of para-hydroxylation sites is 1. The summed E-state index contributed by atoms with van der Waals surface area (Å²) in [5.74, 6) is 0. The zero-order chi connectivity index (χ0) is 13.6. The van der Waals surface area contributed by atoms with E-state index in [-0.39, 0.29) is 5.60 Å². The molecule has 0 N–H and O–H groups in total. The van der Waals surface area contributed by atoms with E-state index in [9.17, 15) is 0 Å². The Hall–Kier alpha value is -1.55. The van der Waals surface area contributed by atoms with Crippen molar-refractivity contribution in [3.63, 3.8) is 0 Å². The molecule has 0 bridgehead atoms. The molecule has 4 rings (SSSR count). The van der Waals surface area contributed by atoms with Crippen LogP contribution in [0.4, 0.5) is 5.69 Å². The average molecular weight is 271 g/mol. The number of anilines is 1. The van der Waals surface area contributed by atoms with Crippen LogP contribution in [0.1, 0.15) is 25.7 Å². The molecular formula is C16H21N3O. The van der Waals surface area contributed by atoms with Crippen molar-refractivity contribution in [1.29, 1.82) is 0 Å². The second kappa shape index (κ2) is 4.48. The summed E-state index contributed by atoms with van der Waals surface area (Å²) in [6.45, 7) is 3.11. The molecule has 0 radical (unpaired) electrons. The number of imidazole rings is 1. The molecule has 0 atom stereocenters. The van der Waals surface area contributed by atoms with Crippen LogP contribution in [-0.4, -0.2) is 34.8 Å². The molecule has 0 saturated carbocycles. The summed E-state index contributed by atoms with van der Waals surface area (Å²) in [5, 5.41) is 0. The van der Waals surface area contributed by atoms with Gasteiger partial charge in [0.25, 0.3) is 0 Å². The lowest BCUT2D eigenvalue weighted by molar-refractivity contribution is -0.0145. The Bertz CT molecular complexity index is 618. The largest absolute Gasteiger partial charge is 0.375 e. The fourth-order valence-electron chi connectivity index (χ4n) is 3.70. The molecule has 1 aromatic carbocycles. The van der Waals surface area contributed by atoms with E-state index in [0.717, 1.165) is 38.1 Å². The standard InChI is InChI=1S/C16H21N3O/c1-18-12-17-15-13(18)4-2-5-14(15)19-9-7-16(8-10-19)6-3-11-20-16/h2,4-5,12H,3,6-11H2,1H3. The number of nitrogens with zero attached hydrogens (tertiary/aromatic N) is 3. The van der Waals surface area contributed by atoms with Gasteiger partial charge < -0.3 is 14.2 Å². The van der Waals surface area contributed by atoms with Crippen LogP contribution in [-0.2, 0) is 11.8 Å². The van der Waals surface area contributed by atoms with Crippen LogP contribution >= 0.6 is 0 Å². The van der Waals surface area contributed by atoms with E-state index < -0.39 is 0 Å². The number of aromatic nitrogens is 2. The Morgan fingerprint density at radius 2 is 2.05 bits per heavy atom. The van der Waals surface area contributed by atoms with Crippen molar-refractivity contribution < 1.29 is 4.74 Å². The Labute approximate surface area is 119 Å². The zero-order valence-electron chi connectivity index (χ0n) is 12.0. The third-order valence-corrected chi connectivity index (χ3v) is 4.93. The highest BCUT2D eigenvalue weighted by Gasteiger charge is 2.38. The molecule has 4 nitrogen and oxygen atoms in total. The molecule has 2 saturated heterocycles. The van der Waals surface area contributed by atoms with Crippen LogP contribution in [0, 0.1) is 0 Å². The zero-order valence-corrected chi connectivity index (χ0v) is 12.0. The Balaban J connectivity index is 1.61. The minimum Gasteiger partial charge on any atom is -0.375 e. The van der Waals surface area contributed by atoms with Crippen LogP contribution in [0.25, 0.3) is 11.0 Å². The van der Waals surface area contributed by atoms with Crippen LogP contribution in [0.2, 0.25) is 0 Å². The lowest BCUT2D eigenvalue weighted by Gasteiger charge is -2.39. The van der Waals surface area contributed by atoms with Crippen molar-refractivity contribution in [3.05, 3.63) is 24.5 Å². The van der Waals surface area contributed by atoms with Crippen LogP contribution in [0.5, 0.6) is 0 Å². The minimum atomic E-state index is 0.189. The summed E-state index contributed by atoms with van der Waals surface area (Å²) >= 11 is 0. The first kappa shape index (κ1) is 12.2. The smallest absolute Gasteiger partial charge is 0.112 e. The van der Waals surface area contributed by atoms with E-state index in [1.807, 2.05) is 6.33 Å². The summed E-state index contributed by atoms with van der Waals surface area (Å²) in [4.78, 5) is 7.05. The van der Waals surface area contributed by atoms with Crippen molar-refractivity contribution >= 4 is 16.7 Å². The number of hydrogen-bond acceptors (Lipinski definition) is 3. The topological polar surface area (TPSA) is 30.3 Å². The monoisotopic (exact) mass is 271 g/mol. The number of piperidine rings is 1. The van der Waals surface area contributed by atoms with Gasteiger partial charge >= 0.3 is 0 Å². The van der Waals surface area contributed by atoms with Crippen molar-refractivity contribution in [2.45, 2.75) is 31.3 Å². The highest BCUT2D eigenvalue weighted by Crippen LogP contribution is 2.38. The van der Waals surface area contributed by atoms with Crippen molar-refractivity contribution in [3.8, 4) is 0 Å². The molecular weight excluding hydrogens is 250 g/mol. The molecule has 2 fully saturated rings. The van der Waals surface area contributed by atoms with E-state index in [0.29, 0.717) is 0 Å². The Morgan fingerprint density at radius 3 is 2.80 bits per heavy atom. The molecule has 106 valence electrons. The first-order chi connectivity index (χ1) is 9.77. The molecule has 3 heterocycles. The summed E-state index contributed by atoms with van der Waals surface area (Å²) in [6, 6.07) is 6.47. The molecule has 4 heteroatoms. The first-order valence-electron chi connectivity index (χ1n) is 7.56. The number of hydrogen-bond donors (Lipinski definition) is 0. The number of aryl methyl sites for hydroxylation is 1. The van der Waals surface area contributed by atoms with Gasteiger partial charge in [0.05, 0.1) is 23.1 Å². The van der Waals surface area contributed by atoms with Gasteiger partial charge in [-0.1, -0.05) is 6.07 Å². The minimum absolute atomic E-state index is 0.189. The first-order valence-corrected chi connectivity index (χ1v) is 7.56. The van der Waals surface area contributed by atoms with Gasteiger partial charge in [0.1, 0.15) is 5.52 Å². The molecule has 2 aromatic rings. The predicted molar refractivity (Wildman–Crippen MR) is 80.1 cm³/mol. The molecule has 2 aliphatic heterocycles. The van der Waals surface area contributed by atoms with Gasteiger partial charge in [-0.05, 0) is 37.8 Å². The fourth-order valence-corrected chi connectivity index (χ4v) is 3.70. The van der Waals surface area contributed by atoms with E-state index in [2.05, 4.69) is 39.7 Å². The summed E-state index contributed by atoms with van der Waals surface area (Å²) in [5.41, 5.74) is 3.79. The van der Waals surface area contributed by atoms with Gasteiger partial charge in [-0.25, -0.2) is 4.98 Å². The summed E-state index contributed by atoms with van der Waals surface area (Å²) in [7, 11) is 2.05. The summed E-state index contributed by atoms with van der Waals surface area (Å²) < 4.78 is 8.10. The van der Waals surface area contributed by atoms with Crippen LogP contribution in [0.3, 0.4) is 0 Å². The number of rotatable bonds is 1. The van der Waals surface area contributed by atoms with Gasteiger partial charge in [-0.3, -0.25) is 0 Å². The fraction of sp³-hybridized carbons (Fsp3) is 0.562. The van der Waals surface area contributed by atoms with Gasteiger partial charge in [-0.2, -0.15) is 0 Å². The molecule has 0 aliphatic carbocycles. The van der Waals surface area contributed by atoms with E-state index >= 15 is 0 Å². The SMILES string of the molecule is Cn1cnc2c(N3CCC4(CCCO4)CC3)cccc21. The quantitative estimate of drug-likeness (QED) is 0.799. The third kappa shape index (κ3) is 1.82. The highest BCUT2D eigenvalue weighted by molar-refractivity contribution is 5.89. The average Bonchev–Trinajstić information content (AvgIpc) is 3.08. The lowest BCUT2D eigenvalue weighted by Crippen LogP contribution is -2.44. The Kier molecular flexibility index (Phi) is 2.74. The van der Waals surface area contributed by atoms with Crippen LogP contribution in [0.15, 0.2) is 24.5 Å². The van der Waals surface area contributed by atoms with Gasteiger partial charge in [0, 0.05) is 26.7 Å². The lowest BCUT2D eigenvalue weighted by atomic mass is 9.88. The highest BCUT2D eigenvalue weighted by atomic mass is 16.5. The molecule has 1 spiro atoms. The van der Waals surface area contributed by atoms with Crippen LogP contribution < -0.4 is 4.90 Å². The number of fused-ring (bicyclic) bond motifs is 1. The normalized spacial score (nSPS) is 21.9. The molecule has 20 heavy (non-hydrogen) atoms. The second-order valence-corrected chi connectivity index (χ2v) is 6.12. The third-order valence-electron chi connectivity index (χ3n) is 4.93. The van der Waals surface area contributed by atoms with E-state index in [4.69, 9.17) is 4.74 Å². The number of ether oxygens (including phenoxy) is 1. The summed E-state index contributed by atoms with van der Waals surface area (Å²) in [6.07, 6.45) is 6.68. The number of benzene rings is 1. The van der Waals surface area contributed by atoms with Crippen molar-refractivity contribution in [1.82, 2.24) is 9.55 Å². The van der Waals surface area contributed by atoms with Gasteiger partial charge in [0.15, 0.2) is 0 Å². The van der Waals surface area contributed by atoms with Crippen molar-refractivity contribution in [2.24, 2.45) is 7.05 Å². The predicted octanol–water partition coefficient (Wildman–Crippen LogP) is 2.72. The molecule has 2 aliphatic rings. The maximum atomic E-state index is 6.01. The van der Waals surface area contributed by atoms with E-state index in [1.54, 1.807) is 0 Å². The molecule has 0 unspecified atom stereocenters. The van der Waals surface area contributed by atoms with Gasteiger partial charge in [-0.15, -0.1) is 0 Å². The molecule has 0 amide bonds. The Morgan fingerprint density at radius 1 is 1.20 bits per heavy atom. The maximum absolute atomic E-state index is 6.01. The van der Waals surface area contributed by atoms with Gasteiger partial charge in [0.2, 0.25) is 0 Å². The van der Waals surface area contributed by atoms with E-state index in [1.165, 1.54) is 24.0 Å². The molecule has 1 aromatic heterocycles. The van der Waals surface area contributed by atoms with Crippen molar-refractivity contribution in [2.75, 3.05) is 24.6 Å². The second-order valence-electron chi connectivity index (χ2n) is 6.12.